The van der Waals surface area contributed by atoms with Crippen LogP contribution in [0, 0.1) is 23.1 Å². The zero-order valence-electron chi connectivity index (χ0n) is 21.7. The third-order valence-corrected chi connectivity index (χ3v) is 6.61. The second kappa shape index (κ2) is 10.9. The molecule has 0 saturated carbocycles. The Morgan fingerprint density at radius 3 is 2.74 bits per heavy atom. The molecule has 2 aromatic carbocycles. The minimum Gasteiger partial charge on any atom is -0.457 e. The lowest BCUT2D eigenvalue weighted by atomic mass is 10.1. The normalized spacial score (nSPS) is 15.6. The predicted octanol–water partition coefficient (Wildman–Crippen LogP) is 5.10. The van der Waals surface area contributed by atoms with Crippen LogP contribution in [0.4, 0.5) is 10.2 Å². The van der Waals surface area contributed by atoms with Gasteiger partial charge in [0.2, 0.25) is 0 Å². The summed E-state index contributed by atoms with van der Waals surface area (Å²) in [5.74, 6) is 0.360. The number of allylic oxidation sites excluding steroid dienone is 1. The van der Waals surface area contributed by atoms with Gasteiger partial charge in [-0.05, 0) is 43.0 Å². The van der Waals surface area contributed by atoms with Crippen molar-refractivity contribution in [3.05, 3.63) is 72.3 Å². The summed E-state index contributed by atoms with van der Waals surface area (Å²) in [4.78, 5) is 23.4. The molecule has 2 aromatic heterocycles. The number of para-hydroxylation sites is 1. The van der Waals surface area contributed by atoms with Gasteiger partial charge in [-0.15, -0.1) is 0 Å². The Morgan fingerprint density at radius 1 is 1.23 bits per heavy atom. The SMILES string of the molecule is CC(C)/C=C(/C#N)C(=O)N1CCC[C@H]1Cn1nc(-c2ccc(Oc3ccccc3)cc2F)c2c(N)ncnc21. The van der Waals surface area contributed by atoms with Crippen LogP contribution in [0.2, 0.25) is 0 Å². The molecule has 1 amide bonds. The van der Waals surface area contributed by atoms with Crippen molar-refractivity contribution in [3.8, 4) is 28.8 Å². The lowest BCUT2D eigenvalue weighted by molar-refractivity contribution is -0.127. The van der Waals surface area contributed by atoms with Crippen LogP contribution in [0.5, 0.6) is 11.5 Å². The summed E-state index contributed by atoms with van der Waals surface area (Å²) >= 11 is 0. The van der Waals surface area contributed by atoms with Crippen LogP contribution in [-0.2, 0) is 11.3 Å². The highest BCUT2D eigenvalue weighted by molar-refractivity contribution is 5.99. The molecule has 1 aliphatic heterocycles. The van der Waals surface area contributed by atoms with E-state index >= 15 is 4.39 Å². The average molecular weight is 526 g/mol. The average Bonchev–Trinajstić information content (AvgIpc) is 3.53. The Bertz CT molecular complexity index is 1590. The number of benzene rings is 2. The van der Waals surface area contributed by atoms with Crippen molar-refractivity contribution in [1.82, 2.24) is 24.6 Å². The molecule has 0 radical (unpaired) electrons. The maximum absolute atomic E-state index is 15.4. The number of aromatic nitrogens is 4. The topological polar surface area (TPSA) is 123 Å². The quantitative estimate of drug-likeness (QED) is 0.263. The lowest BCUT2D eigenvalue weighted by Gasteiger charge is -2.24. The standard InChI is InChI=1S/C29H28FN7O2/c1-18(2)13-19(15-31)29(38)36-12-6-7-20(36)16-37-28-25(27(32)33-17-34-28)26(35-37)23-11-10-22(14-24(23)30)39-21-8-4-3-5-9-21/h3-5,8-11,13-14,17-18,20H,6-7,12,16H2,1-2H3,(H2,32,33,34)/b19-13-/t20-/m0/s1. The molecule has 1 fully saturated rings. The monoisotopic (exact) mass is 525 g/mol. The molecule has 1 aliphatic rings. The fourth-order valence-corrected chi connectivity index (χ4v) is 4.86. The number of nitrogens with zero attached hydrogens (tertiary/aromatic N) is 6. The van der Waals surface area contributed by atoms with E-state index in [0.29, 0.717) is 41.3 Å². The largest absolute Gasteiger partial charge is 0.457 e. The number of rotatable bonds is 7. The smallest absolute Gasteiger partial charge is 0.264 e. The second-order valence-corrected chi connectivity index (χ2v) is 9.78. The number of likely N-dealkylation sites (tertiary alicyclic amines) is 1. The number of nitrogen functional groups attached to an aromatic ring is 1. The number of carbonyl (C=O) groups excluding carboxylic acids is 1. The molecule has 2 N–H and O–H groups in total. The van der Waals surface area contributed by atoms with Crippen molar-refractivity contribution in [2.45, 2.75) is 39.3 Å². The summed E-state index contributed by atoms with van der Waals surface area (Å²) in [6.45, 7) is 4.71. The van der Waals surface area contributed by atoms with Crippen LogP contribution in [0.15, 0.2) is 66.5 Å². The van der Waals surface area contributed by atoms with Crippen molar-refractivity contribution in [2.24, 2.45) is 5.92 Å². The van der Waals surface area contributed by atoms with Crippen molar-refractivity contribution in [1.29, 1.82) is 5.26 Å². The number of fused-ring (bicyclic) bond motifs is 1. The molecule has 198 valence electrons. The van der Waals surface area contributed by atoms with Gasteiger partial charge < -0.3 is 15.4 Å². The van der Waals surface area contributed by atoms with E-state index in [9.17, 15) is 10.1 Å². The molecule has 0 aliphatic carbocycles. The molecule has 5 rings (SSSR count). The van der Waals surface area contributed by atoms with Gasteiger partial charge in [-0.25, -0.2) is 19.0 Å². The van der Waals surface area contributed by atoms with Crippen LogP contribution in [0.3, 0.4) is 0 Å². The van der Waals surface area contributed by atoms with E-state index in [2.05, 4.69) is 9.97 Å². The lowest BCUT2D eigenvalue weighted by Crippen LogP contribution is -2.39. The Morgan fingerprint density at radius 2 is 2.03 bits per heavy atom. The van der Waals surface area contributed by atoms with Crippen molar-refractivity contribution >= 4 is 22.8 Å². The number of hydrogen-bond donors (Lipinski definition) is 1. The van der Waals surface area contributed by atoms with E-state index in [1.807, 2.05) is 38.1 Å². The third-order valence-electron chi connectivity index (χ3n) is 6.61. The maximum Gasteiger partial charge on any atom is 0.264 e. The van der Waals surface area contributed by atoms with E-state index < -0.39 is 5.82 Å². The predicted molar refractivity (Wildman–Crippen MR) is 145 cm³/mol. The highest BCUT2D eigenvalue weighted by atomic mass is 19.1. The molecular formula is C29H28FN7O2. The van der Waals surface area contributed by atoms with Gasteiger partial charge in [0.15, 0.2) is 5.65 Å². The molecule has 3 heterocycles. The van der Waals surface area contributed by atoms with E-state index in [4.69, 9.17) is 15.6 Å². The summed E-state index contributed by atoms with van der Waals surface area (Å²) in [7, 11) is 0. The number of halogens is 1. The number of nitrogens with two attached hydrogens (primary N) is 1. The van der Waals surface area contributed by atoms with Gasteiger partial charge in [-0.3, -0.25) is 4.79 Å². The number of anilines is 1. The van der Waals surface area contributed by atoms with Gasteiger partial charge in [-0.2, -0.15) is 10.4 Å². The Labute approximate surface area is 225 Å². The first-order chi connectivity index (χ1) is 18.9. The number of nitriles is 1. The number of carbonyl (C=O) groups is 1. The molecule has 9 nitrogen and oxygen atoms in total. The molecule has 39 heavy (non-hydrogen) atoms. The van der Waals surface area contributed by atoms with Crippen LogP contribution in [0.25, 0.3) is 22.3 Å². The first kappa shape index (κ1) is 25.9. The Kier molecular flexibility index (Phi) is 7.23. The van der Waals surface area contributed by atoms with Crippen LogP contribution in [-0.4, -0.2) is 43.1 Å². The maximum atomic E-state index is 15.4. The zero-order valence-corrected chi connectivity index (χ0v) is 21.7. The van der Waals surface area contributed by atoms with Gasteiger partial charge in [0.25, 0.3) is 5.91 Å². The summed E-state index contributed by atoms with van der Waals surface area (Å²) in [5.41, 5.74) is 7.33. The molecule has 10 heteroatoms. The summed E-state index contributed by atoms with van der Waals surface area (Å²) < 4.78 is 22.8. The number of hydrogen-bond acceptors (Lipinski definition) is 7. The summed E-state index contributed by atoms with van der Waals surface area (Å²) in [5, 5.41) is 14.7. The fraction of sp³-hybridized carbons (Fsp3) is 0.276. The van der Waals surface area contributed by atoms with Gasteiger partial charge in [-0.1, -0.05) is 38.1 Å². The number of amides is 1. The van der Waals surface area contributed by atoms with Crippen molar-refractivity contribution in [2.75, 3.05) is 12.3 Å². The van der Waals surface area contributed by atoms with Gasteiger partial charge in [0, 0.05) is 18.2 Å². The van der Waals surface area contributed by atoms with Crippen LogP contribution < -0.4 is 10.5 Å². The Hall–Kier alpha value is -4.78. The molecule has 0 spiro atoms. The van der Waals surface area contributed by atoms with Crippen LogP contribution in [0.1, 0.15) is 26.7 Å². The highest BCUT2D eigenvalue weighted by Crippen LogP contribution is 2.35. The second-order valence-electron chi connectivity index (χ2n) is 9.78. The Balaban J connectivity index is 1.48. The molecule has 4 aromatic rings. The molecule has 0 bridgehead atoms. The van der Waals surface area contributed by atoms with Crippen molar-refractivity contribution < 1.29 is 13.9 Å². The molecule has 0 unspecified atom stereocenters. The third kappa shape index (κ3) is 5.29. The minimum absolute atomic E-state index is 0.0707. The fourth-order valence-electron chi connectivity index (χ4n) is 4.86. The van der Waals surface area contributed by atoms with E-state index in [1.54, 1.807) is 39.9 Å². The van der Waals surface area contributed by atoms with E-state index in [-0.39, 0.29) is 34.8 Å². The molecule has 1 saturated heterocycles. The van der Waals surface area contributed by atoms with Crippen LogP contribution >= 0.6 is 0 Å². The van der Waals surface area contributed by atoms with Gasteiger partial charge >= 0.3 is 0 Å². The van der Waals surface area contributed by atoms with Gasteiger partial charge in [0.1, 0.15) is 46.8 Å². The zero-order chi connectivity index (χ0) is 27.5. The number of ether oxygens (including phenoxy) is 1. The van der Waals surface area contributed by atoms with E-state index in [1.165, 1.54) is 12.4 Å². The summed E-state index contributed by atoms with van der Waals surface area (Å²) in [6, 6.07) is 15.5. The first-order valence-corrected chi connectivity index (χ1v) is 12.8. The minimum atomic E-state index is -0.534. The first-order valence-electron chi connectivity index (χ1n) is 12.8. The highest BCUT2D eigenvalue weighted by Gasteiger charge is 2.32. The van der Waals surface area contributed by atoms with Crippen molar-refractivity contribution in [3.63, 3.8) is 0 Å². The molecule has 1 atom stereocenters. The summed E-state index contributed by atoms with van der Waals surface area (Å²) in [6.07, 6.45) is 4.56. The molecular weight excluding hydrogens is 497 g/mol. The van der Waals surface area contributed by atoms with Gasteiger partial charge in [0.05, 0.1) is 18.0 Å². The van der Waals surface area contributed by atoms with E-state index in [0.717, 1.165) is 12.8 Å².